The van der Waals surface area contributed by atoms with E-state index in [1.54, 1.807) is 0 Å². The molecule has 0 spiro atoms. The molecular formula is C6H15FeNO8P2. The molecule has 110 valence electrons. The largest absolute Gasteiger partial charge is 2.00 e. The van der Waals surface area contributed by atoms with Gasteiger partial charge in [0.2, 0.25) is 0 Å². The van der Waals surface area contributed by atoms with Crippen LogP contribution in [0, 0.1) is 0 Å². The molecule has 1 saturated heterocycles. The molecular weight excluding hydrogens is 332 g/mol. The quantitative estimate of drug-likeness (QED) is 0.333. The second-order valence-electron chi connectivity index (χ2n) is 3.47. The van der Waals surface area contributed by atoms with Crippen molar-refractivity contribution in [3.8, 4) is 0 Å². The number of aliphatic hydroxyl groups is 1. The Kier molecular flexibility index (Phi) is 9.44. The summed E-state index contributed by atoms with van der Waals surface area (Å²) in [6.45, 7) is 4.39. The van der Waals surface area contributed by atoms with Gasteiger partial charge in [0.25, 0.3) is 0 Å². The second kappa shape index (κ2) is 8.09. The van der Waals surface area contributed by atoms with Gasteiger partial charge in [0.1, 0.15) is 0 Å². The zero-order chi connectivity index (χ0) is 13.7. The molecule has 0 radical (unpaired) electrons. The number of morpholine rings is 1. The Morgan fingerprint density at radius 2 is 1.61 bits per heavy atom. The molecule has 0 aromatic carbocycles. The molecule has 9 nitrogen and oxygen atoms in total. The predicted molar refractivity (Wildman–Crippen MR) is 50.5 cm³/mol. The Balaban J connectivity index is 0. The monoisotopic (exact) mass is 347 g/mol. The molecule has 0 aromatic rings. The molecule has 2 atom stereocenters. The number of quaternary nitrogens is 1. The zero-order valence-corrected chi connectivity index (χ0v) is 12.4. The van der Waals surface area contributed by atoms with E-state index in [2.05, 4.69) is 5.32 Å². The van der Waals surface area contributed by atoms with Crippen molar-refractivity contribution in [2.75, 3.05) is 26.3 Å². The molecule has 0 saturated carbocycles. The zero-order valence-electron chi connectivity index (χ0n) is 9.50. The van der Waals surface area contributed by atoms with E-state index in [4.69, 9.17) is 14.7 Å². The molecule has 0 aliphatic carbocycles. The number of ether oxygens (including phenoxy) is 1. The summed E-state index contributed by atoms with van der Waals surface area (Å²) >= 11 is 0. The summed E-state index contributed by atoms with van der Waals surface area (Å²) in [4.78, 5) is 38.1. The van der Waals surface area contributed by atoms with Crippen molar-refractivity contribution in [2.45, 2.75) is 12.0 Å². The van der Waals surface area contributed by atoms with Crippen molar-refractivity contribution < 1.29 is 60.9 Å². The molecule has 0 aromatic heterocycles. The van der Waals surface area contributed by atoms with Crippen LogP contribution in [0.25, 0.3) is 0 Å². The first-order valence-electron chi connectivity index (χ1n) is 4.68. The van der Waals surface area contributed by atoms with E-state index in [9.17, 15) is 23.8 Å². The minimum Gasteiger partial charge on any atom is -0.808 e. The van der Waals surface area contributed by atoms with Gasteiger partial charge in [-0.25, -0.2) is 0 Å². The van der Waals surface area contributed by atoms with Crippen molar-refractivity contribution in [2.24, 2.45) is 0 Å². The normalized spacial score (nSPS) is 22.6. The van der Waals surface area contributed by atoms with Crippen LogP contribution >= 0.6 is 15.2 Å². The van der Waals surface area contributed by atoms with Crippen molar-refractivity contribution in [1.82, 2.24) is 0 Å². The second-order valence-corrected chi connectivity index (χ2v) is 7.60. The fourth-order valence-corrected chi connectivity index (χ4v) is 1.97. The summed E-state index contributed by atoms with van der Waals surface area (Å²) in [7, 11) is -11.3. The summed E-state index contributed by atoms with van der Waals surface area (Å²) in [6.07, 6.45) is 0. The number of hydrogen-bond acceptors (Lipinski definition) is 7. The first-order chi connectivity index (χ1) is 7.50. The number of rotatable bonds is 2. The van der Waals surface area contributed by atoms with Gasteiger partial charge in [0.15, 0.2) is 12.7 Å². The molecule has 1 aliphatic heterocycles. The van der Waals surface area contributed by atoms with Crippen LogP contribution in [0.15, 0.2) is 0 Å². The van der Waals surface area contributed by atoms with Gasteiger partial charge in [-0.05, 0) is 14.5 Å². The summed E-state index contributed by atoms with van der Waals surface area (Å²) in [5, 5.41) is 7.12. The Morgan fingerprint density at radius 3 is 1.67 bits per heavy atom. The minimum absolute atomic E-state index is 0. The van der Waals surface area contributed by atoms with E-state index < -0.39 is 20.3 Å². The van der Waals surface area contributed by atoms with Crippen molar-refractivity contribution >= 4 is 15.2 Å². The summed E-state index contributed by atoms with van der Waals surface area (Å²) in [6, 6.07) is 0. The Bertz CT molecular complexity index is 286. The van der Waals surface area contributed by atoms with Crippen LogP contribution in [0.1, 0.15) is 6.92 Å². The van der Waals surface area contributed by atoms with Gasteiger partial charge in [-0.2, -0.15) is 0 Å². The molecule has 1 fully saturated rings. The van der Waals surface area contributed by atoms with Crippen LogP contribution in [0.3, 0.4) is 0 Å². The van der Waals surface area contributed by atoms with Gasteiger partial charge >= 0.3 is 17.1 Å². The maximum absolute atomic E-state index is 10.1. The van der Waals surface area contributed by atoms with Crippen LogP contribution < -0.4 is 20.0 Å². The fourth-order valence-electron chi connectivity index (χ4n) is 0.735. The first-order valence-corrected chi connectivity index (χ1v) is 7.80. The topological polar surface area (TPSA) is 170 Å². The molecule has 4 N–H and O–H groups in total. The SMILES string of the molecule is C1COCC[NH2+]1.CC(O)(P(=O)([O-])[O-])P(=O)([O-])O.[Fe+2]. The van der Waals surface area contributed by atoms with Crippen molar-refractivity contribution in [3.05, 3.63) is 0 Å². The maximum Gasteiger partial charge on any atom is 2.00 e. The van der Waals surface area contributed by atoms with E-state index in [1.807, 2.05) is 0 Å². The standard InChI is InChI=1S/C4H9NO.C2H8O7P2.Fe/c1-3-6-4-2-5-1;1-2(3,10(4,5)6)11(7,8)9;/h5H,1-4H2;3H,1H3,(H2,4,5,6)(H2,7,8,9);/q;;+2/p-2. The molecule has 1 rings (SSSR count). The molecule has 12 heteroatoms. The molecule has 18 heavy (non-hydrogen) atoms. The van der Waals surface area contributed by atoms with Crippen LogP contribution in [0.5, 0.6) is 0 Å². The third-order valence-electron chi connectivity index (χ3n) is 1.99. The van der Waals surface area contributed by atoms with Crippen molar-refractivity contribution in [3.63, 3.8) is 0 Å². The smallest absolute Gasteiger partial charge is 0.808 e. The average molecular weight is 347 g/mol. The van der Waals surface area contributed by atoms with Crippen LogP contribution in [-0.2, 0) is 30.9 Å². The third kappa shape index (κ3) is 6.75. The van der Waals surface area contributed by atoms with E-state index in [-0.39, 0.29) is 24.0 Å². The van der Waals surface area contributed by atoms with Gasteiger partial charge in [0, 0.05) is 0 Å². The third-order valence-corrected chi connectivity index (χ3v) is 5.59. The van der Waals surface area contributed by atoms with Gasteiger partial charge in [0.05, 0.1) is 26.3 Å². The van der Waals surface area contributed by atoms with Crippen LogP contribution in [-0.4, -0.2) is 41.4 Å². The fraction of sp³-hybridized carbons (Fsp3) is 1.00. The maximum atomic E-state index is 10.1. The van der Waals surface area contributed by atoms with E-state index in [1.165, 1.54) is 0 Å². The Morgan fingerprint density at radius 1 is 1.22 bits per heavy atom. The molecule has 2 unspecified atom stereocenters. The van der Waals surface area contributed by atoms with Gasteiger partial charge in [-0.1, -0.05) is 0 Å². The molecule has 0 bridgehead atoms. The van der Waals surface area contributed by atoms with Crippen molar-refractivity contribution in [1.29, 1.82) is 0 Å². The van der Waals surface area contributed by atoms with Crippen LogP contribution in [0.2, 0.25) is 0 Å². The van der Waals surface area contributed by atoms with Gasteiger partial charge < -0.3 is 43.9 Å². The Labute approximate surface area is 115 Å². The average Bonchev–Trinajstić information content (AvgIpc) is 2.18. The van der Waals surface area contributed by atoms with E-state index >= 15 is 0 Å². The summed E-state index contributed by atoms with van der Waals surface area (Å²) < 4.78 is 25.1. The number of nitrogens with two attached hydrogens (primary N) is 1. The summed E-state index contributed by atoms with van der Waals surface area (Å²) in [5.74, 6) is 0. The minimum atomic E-state index is -5.76. The van der Waals surface area contributed by atoms with E-state index in [0.29, 0.717) is 0 Å². The van der Waals surface area contributed by atoms with E-state index in [0.717, 1.165) is 26.3 Å². The molecule has 1 aliphatic rings. The molecule has 0 amide bonds. The van der Waals surface area contributed by atoms with Crippen LogP contribution in [0.4, 0.5) is 0 Å². The Hall–Kier alpha value is 0.699. The predicted octanol–water partition coefficient (Wildman–Crippen LogP) is -4.31. The van der Waals surface area contributed by atoms with Gasteiger partial charge in [-0.15, -0.1) is 0 Å². The van der Waals surface area contributed by atoms with Gasteiger partial charge in [-0.3, -0.25) is 0 Å². The first kappa shape index (κ1) is 21.0. The summed E-state index contributed by atoms with van der Waals surface area (Å²) in [5.41, 5.74) is 0. The number of hydrogen-bond donors (Lipinski definition) is 3. The molecule has 1 heterocycles.